The van der Waals surface area contributed by atoms with E-state index < -0.39 is 17.5 Å². The number of urea groups is 1. The molecule has 2 aromatic rings. The minimum atomic E-state index is -0.931. The number of nitriles is 1. The topological polar surface area (TPSA) is 118 Å². The van der Waals surface area contributed by atoms with E-state index in [9.17, 15) is 14.4 Å². The number of amides is 3. The van der Waals surface area contributed by atoms with Crippen molar-refractivity contribution in [2.45, 2.75) is 25.3 Å². The molecule has 8 heteroatoms. The molecule has 1 saturated heterocycles. The summed E-state index contributed by atoms with van der Waals surface area (Å²) in [7, 11) is 0. The van der Waals surface area contributed by atoms with Gasteiger partial charge in [0.1, 0.15) is 23.1 Å². The van der Waals surface area contributed by atoms with E-state index in [0.29, 0.717) is 29.9 Å². The van der Waals surface area contributed by atoms with Crippen LogP contribution in [0.1, 0.15) is 24.5 Å². The van der Waals surface area contributed by atoms with E-state index in [1.54, 1.807) is 55.5 Å². The second-order valence-corrected chi connectivity index (χ2v) is 6.76. The number of hydrogen-bond donors (Lipinski definition) is 2. The van der Waals surface area contributed by atoms with Gasteiger partial charge in [0.25, 0.3) is 5.91 Å². The van der Waals surface area contributed by atoms with Crippen molar-refractivity contribution in [3.05, 3.63) is 59.7 Å². The van der Waals surface area contributed by atoms with Crippen molar-refractivity contribution in [2.24, 2.45) is 0 Å². The molecule has 3 rings (SSSR count). The highest BCUT2D eigenvalue weighted by Crippen LogP contribution is 2.20. The lowest BCUT2D eigenvalue weighted by Crippen LogP contribution is -2.43. The zero-order valence-electron chi connectivity index (χ0n) is 15.7. The second kappa shape index (κ2) is 8.44. The van der Waals surface area contributed by atoms with Gasteiger partial charge in [0.2, 0.25) is 0 Å². The Labute approximate surface area is 167 Å². The van der Waals surface area contributed by atoms with Crippen molar-refractivity contribution in [1.29, 1.82) is 5.26 Å². The van der Waals surface area contributed by atoms with Crippen LogP contribution in [0.15, 0.2) is 48.5 Å². The molecule has 0 radical (unpaired) electrons. The monoisotopic (exact) mass is 393 g/mol. The molecule has 2 N–H and O–H groups in total. The van der Waals surface area contributed by atoms with Crippen LogP contribution in [0.3, 0.4) is 0 Å². The fraction of sp³-hybridized carbons (Fsp3) is 0.238. The Balaban J connectivity index is 1.50. The molecule has 1 aliphatic heterocycles. The van der Waals surface area contributed by atoms with E-state index in [1.165, 1.54) is 0 Å². The van der Waals surface area contributed by atoms with E-state index in [1.807, 2.05) is 6.07 Å². The molecule has 0 aliphatic carbocycles. The molecular weight excluding hydrogens is 374 g/mol. The Morgan fingerprint density at radius 3 is 2.52 bits per heavy atom. The molecule has 0 bridgehead atoms. The van der Waals surface area contributed by atoms with Crippen molar-refractivity contribution in [2.75, 3.05) is 6.61 Å². The summed E-state index contributed by atoms with van der Waals surface area (Å²) in [6.45, 7) is 1.35. The van der Waals surface area contributed by atoms with Crippen LogP contribution in [0.5, 0.6) is 11.5 Å². The molecule has 1 aliphatic rings. The van der Waals surface area contributed by atoms with Gasteiger partial charge in [0.15, 0.2) is 6.61 Å². The molecule has 2 aromatic carbocycles. The number of para-hydroxylation sites is 1. The number of ether oxygens (including phenoxy) is 2. The highest BCUT2D eigenvalue weighted by Gasteiger charge is 2.41. The van der Waals surface area contributed by atoms with Gasteiger partial charge in [-0.2, -0.15) is 5.26 Å². The van der Waals surface area contributed by atoms with Crippen molar-refractivity contribution in [1.82, 2.24) is 10.6 Å². The first kappa shape index (κ1) is 19.9. The lowest BCUT2D eigenvalue weighted by molar-refractivity contribution is -0.136. The second-order valence-electron chi connectivity index (χ2n) is 6.76. The number of hydrogen-bond acceptors (Lipinski definition) is 6. The molecule has 0 spiro atoms. The summed E-state index contributed by atoms with van der Waals surface area (Å²) < 4.78 is 10.6. The minimum absolute atomic E-state index is 0.318. The number of esters is 1. The Morgan fingerprint density at radius 1 is 1.14 bits per heavy atom. The molecule has 29 heavy (non-hydrogen) atoms. The number of imide groups is 1. The first-order chi connectivity index (χ1) is 13.9. The highest BCUT2D eigenvalue weighted by molar-refractivity contribution is 6.06. The number of carbonyl (C=O) groups is 3. The van der Waals surface area contributed by atoms with E-state index >= 15 is 0 Å². The van der Waals surface area contributed by atoms with Crippen LogP contribution in [-0.4, -0.2) is 30.1 Å². The molecule has 0 saturated carbocycles. The zero-order valence-corrected chi connectivity index (χ0v) is 15.7. The predicted molar refractivity (Wildman–Crippen MR) is 102 cm³/mol. The van der Waals surface area contributed by atoms with Gasteiger partial charge >= 0.3 is 12.0 Å². The zero-order chi connectivity index (χ0) is 20.9. The molecule has 148 valence electrons. The van der Waals surface area contributed by atoms with Crippen molar-refractivity contribution in [3.63, 3.8) is 0 Å². The summed E-state index contributed by atoms with van der Waals surface area (Å²) in [6, 6.07) is 15.0. The van der Waals surface area contributed by atoms with Gasteiger partial charge in [-0.25, -0.2) is 9.59 Å². The summed E-state index contributed by atoms with van der Waals surface area (Å²) in [5.41, 5.74) is 0.337. The number of nitrogens with zero attached hydrogens (tertiary/aromatic N) is 1. The van der Waals surface area contributed by atoms with Crippen LogP contribution < -0.4 is 20.1 Å². The lowest BCUT2D eigenvalue weighted by Gasteiger charge is -2.20. The summed E-state index contributed by atoms with van der Waals surface area (Å²) in [6.07, 6.45) is 1.00. The average molecular weight is 393 g/mol. The normalized spacial score (nSPS) is 17.8. The highest BCUT2D eigenvalue weighted by atomic mass is 16.6. The van der Waals surface area contributed by atoms with Crippen LogP contribution in [-0.2, 0) is 16.0 Å². The Kier molecular flexibility index (Phi) is 5.79. The maximum absolute atomic E-state index is 12.0. The van der Waals surface area contributed by atoms with Crippen LogP contribution in [0.25, 0.3) is 0 Å². The lowest BCUT2D eigenvalue weighted by atomic mass is 9.93. The third-order valence-corrected chi connectivity index (χ3v) is 4.54. The van der Waals surface area contributed by atoms with Gasteiger partial charge in [-0.15, -0.1) is 0 Å². The number of rotatable bonds is 7. The van der Waals surface area contributed by atoms with Crippen molar-refractivity contribution in [3.8, 4) is 17.6 Å². The number of nitrogens with one attached hydrogen (secondary N) is 2. The van der Waals surface area contributed by atoms with E-state index in [2.05, 4.69) is 10.6 Å². The maximum atomic E-state index is 12.0. The van der Waals surface area contributed by atoms with Gasteiger partial charge in [-0.3, -0.25) is 10.1 Å². The molecule has 3 amide bonds. The standard InChI is InChI=1S/C21H19N3O5/c1-21(19(26)23-20(27)24-21)11-10-14-6-8-16(9-7-14)29-18(25)13-28-17-5-3-2-4-15(17)12-22/h2-9H,10-11,13H2,1H3,(H2,23,24,26,27)/t21-/m1/s1. The smallest absolute Gasteiger partial charge is 0.349 e. The van der Waals surface area contributed by atoms with Gasteiger partial charge < -0.3 is 14.8 Å². The van der Waals surface area contributed by atoms with Crippen LogP contribution in [0, 0.1) is 11.3 Å². The molecule has 1 atom stereocenters. The predicted octanol–water partition coefficient (Wildman–Crippen LogP) is 2.07. The summed E-state index contributed by atoms with van der Waals surface area (Å²) >= 11 is 0. The molecule has 0 unspecified atom stereocenters. The fourth-order valence-corrected chi connectivity index (χ4v) is 2.86. The van der Waals surface area contributed by atoms with Crippen molar-refractivity contribution >= 4 is 17.9 Å². The molecule has 1 fully saturated rings. The number of aryl methyl sites for hydroxylation is 1. The van der Waals surface area contributed by atoms with Gasteiger partial charge in [-0.1, -0.05) is 24.3 Å². The third-order valence-electron chi connectivity index (χ3n) is 4.54. The number of carbonyl (C=O) groups excluding carboxylic acids is 3. The first-order valence-corrected chi connectivity index (χ1v) is 8.95. The SMILES string of the molecule is C[C@]1(CCc2ccc(OC(=O)COc3ccccc3C#N)cc2)NC(=O)NC1=O. The van der Waals surface area contributed by atoms with E-state index in [0.717, 1.165) is 5.56 Å². The van der Waals surface area contributed by atoms with Crippen LogP contribution >= 0.6 is 0 Å². The fourth-order valence-electron chi connectivity index (χ4n) is 2.86. The van der Waals surface area contributed by atoms with Gasteiger partial charge in [0.05, 0.1) is 5.56 Å². The van der Waals surface area contributed by atoms with Crippen LogP contribution in [0.4, 0.5) is 4.79 Å². The van der Waals surface area contributed by atoms with Gasteiger partial charge in [0, 0.05) is 0 Å². The Bertz CT molecular complexity index is 981. The quantitative estimate of drug-likeness (QED) is 0.422. The van der Waals surface area contributed by atoms with E-state index in [4.69, 9.17) is 14.7 Å². The first-order valence-electron chi connectivity index (χ1n) is 8.95. The van der Waals surface area contributed by atoms with E-state index in [-0.39, 0.29) is 12.5 Å². The average Bonchev–Trinajstić information content (AvgIpc) is 2.97. The van der Waals surface area contributed by atoms with Gasteiger partial charge in [-0.05, 0) is 49.6 Å². The van der Waals surface area contributed by atoms with Crippen LogP contribution in [0.2, 0.25) is 0 Å². The Morgan fingerprint density at radius 2 is 1.86 bits per heavy atom. The molecule has 0 aromatic heterocycles. The summed E-state index contributed by atoms with van der Waals surface area (Å²) in [4.78, 5) is 35.1. The summed E-state index contributed by atoms with van der Waals surface area (Å²) in [5, 5.41) is 13.9. The largest absolute Gasteiger partial charge is 0.481 e. The Hall–Kier alpha value is -3.86. The minimum Gasteiger partial charge on any atom is -0.481 e. The third kappa shape index (κ3) is 4.90. The molecule has 8 nitrogen and oxygen atoms in total. The summed E-state index contributed by atoms with van der Waals surface area (Å²) in [5.74, 6) is -0.262. The molecule has 1 heterocycles. The number of benzene rings is 2. The van der Waals surface area contributed by atoms with Crippen molar-refractivity contribution < 1.29 is 23.9 Å². The molecular formula is C21H19N3O5. The maximum Gasteiger partial charge on any atom is 0.349 e.